The summed E-state index contributed by atoms with van der Waals surface area (Å²) >= 11 is 0. The highest BCUT2D eigenvalue weighted by atomic mass is 16.3. The summed E-state index contributed by atoms with van der Waals surface area (Å²) in [6.07, 6.45) is 0.612. The van der Waals surface area contributed by atoms with Crippen LogP contribution in [0.25, 0.3) is 0 Å². The molecule has 0 bridgehead atoms. The van der Waals surface area contributed by atoms with Crippen LogP contribution in [0.15, 0.2) is 0 Å². The molecule has 0 amide bonds. The molecule has 2 nitrogen and oxygen atoms in total. The first-order valence-electron chi connectivity index (χ1n) is 4.40. The van der Waals surface area contributed by atoms with E-state index in [0.29, 0.717) is 6.42 Å². The second kappa shape index (κ2) is 6.62. The molecule has 0 aliphatic carbocycles. The molecule has 2 heteroatoms. The molecule has 0 spiro atoms. The van der Waals surface area contributed by atoms with Crippen LogP contribution in [-0.4, -0.2) is 22.4 Å². The summed E-state index contributed by atoms with van der Waals surface area (Å²) in [7, 11) is 0. The van der Waals surface area contributed by atoms with E-state index >= 15 is 0 Å². The van der Waals surface area contributed by atoms with Crippen molar-refractivity contribution in [3.05, 3.63) is 0 Å². The van der Waals surface area contributed by atoms with Crippen LogP contribution in [0.1, 0.15) is 41.0 Å². The SMILES string of the molecule is CC.CCC(O)(CO)C(C)C. The second-order valence-electron chi connectivity index (χ2n) is 2.77. The lowest BCUT2D eigenvalue weighted by Crippen LogP contribution is -2.38. The average molecular weight is 162 g/mol. The molecule has 0 aromatic heterocycles. The minimum Gasteiger partial charge on any atom is -0.393 e. The number of hydrogen-bond donors (Lipinski definition) is 2. The Hall–Kier alpha value is -0.0800. The van der Waals surface area contributed by atoms with Gasteiger partial charge in [-0.25, -0.2) is 0 Å². The summed E-state index contributed by atoms with van der Waals surface area (Å²) in [4.78, 5) is 0. The van der Waals surface area contributed by atoms with Crippen molar-refractivity contribution >= 4 is 0 Å². The van der Waals surface area contributed by atoms with E-state index in [1.165, 1.54) is 0 Å². The van der Waals surface area contributed by atoms with E-state index in [4.69, 9.17) is 5.11 Å². The Bertz CT molecular complexity index is 75.6. The van der Waals surface area contributed by atoms with Crippen molar-refractivity contribution in [1.29, 1.82) is 0 Å². The van der Waals surface area contributed by atoms with E-state index in [2.05, 4.69) is 0 Å². The van der Waals surface area contributed by atoms with Gasteiger partial charge in [0, 0.05) is 0 Å². The van der Waals surface area contributed by atoms with Gasteiger partial charge in [-0.1, -0.05) is 34.6 Å². The number of aliphatic hydroxyl groups is 2. The second-order valence-corrected chi connectivity index (χ2v) is 2.77. The van der Waals surface area contributed by atoms with E-state index in [0.717, 1.165) is 0 Å². The predicted molar refractivity (Wildman–Crippen MR) is 48.5 cm³/mol. The highest BCUT2D eigenvalue weighted by Crippen LogP contribution is 2.19. The Kier molecular flexibility index (Phi) is 8.13. The van der Waals surface area contributed by atoms with Crippen LogP contribution in [0.4, 0.5) is 0 Å². The van der Waals surface area contributed by atoms with Gasteiger partial charge in [0.25, 0.3) is 0 Å². The van der Waals surface area contributed by atoms with Gasteiger partial charge in [-0.2, -0.15) is 0 Å². The third-order valence-corrected chi connectivity index (χ3v) is 1.96. The molecule has 1 unspecified atom stereocenters. The molecule has 0 aromatic rings. The van der Waals surface area contributed by atoms with Gasteiger partial charge in [0.15, 0.2) is 0 Å². The first-order chi connectivity index (χ1) is 5.06. The van der Waals surface area contributed by atoms with Crippen LogP contribution in [-0.2, 0) is 0 Å². The summed E-state index contributed by atoms with van der Waals surface area (Å²) in [6, 6.07) is 0. The monoisotopic (exact) mass is 162 g/mol. The third kappa shape index (κ3) is 4.38. The molecule has 11 heavy (non-hydrogen) atoms. The highest BCUT2D eigenvalue weighted by molar-refractivity contribution is 4.78. The Morgan fingerprint density at radius 2 is 1.64 bits per heavy atom. The molecule has 0 heterocycles. The fourth-order valence-electron chi connectivity index (χ4n) is 0.703. The maximum absolute atomic E-state index is 9.46. The molecule has 1 atom stereocenters. The Balaban J connectivity index is 0. The molecular formula is C9H22O2. The summed E-state index contributed by atoms with van der Waals surface area (Å²) in [5.41, 5.74) is -0.861. The molecule has 2 N–H and O–H groups in total. The summed E-state index contributed by atoms with van der Waals surface area (Å²) in [5, 5.41) is 18.2. The van der Waals surface area contributed by atoms with E-state index in [1.54, 1.807) is 0 Å². The van der Waals surface area contributed by atoms with Crippen molar-refractivity contribution in [2.75, 3.05) is 6.61 Å². The summed E-state index contributed by atoms with van der Waals surface area (Å²) < 4.78 is 0. The van der Waals surface area contributed by atoms with Gasteiger partial charge in [0.1, 0.15) is 0 Å². The summed E-state index contributed by atoms with van der Waals surface area (Å²) in [6.45, 7) is 9.54. The predicted octanol–water partition coefficient (Wildman–Crippen LogP) is 1.80. The zero-order valence-corrected chi connectivity index (χ0v) is 8.39. The lowest BCUT2D eigenvalue weighted by molar-refractivity contribution is -0.0536. The molecule has 70 valence electrons. The molecule has 0 aromatic carbocycles. The van der Waals surface area contributed by atoms with Gasteiger partial charge in [-0.05, 0) is 12.3 Å². The highest BCUT2D eigenvalue weighted by Gasteiger charge is 2.27. The molecule has 0 saturated carbocycles. The minimum absolute atomic E-state index is 0.132. The zero-order chi connectivity index (χ0) is 9.49. The molecule has 0 aliphatic heterocycles. The molecule has 0 saturated heterocycles. The number of hydrogen-bond acceptors (Lipinski definition) is 2. The van der Waals surface area contributed by atoms with E-state index < -0.39 is 5.60 Å². The van der Waals surface area contributed by atoms with Gasteiger partial charge in [0.2, 0.25) is 0 Å². The third-order valence-electron chi connectivity index (χ3n) is 1.96. The first kappa shape index (κ1) is 13.5. The summed E-state index contributed by atoms with van der Waals surface area (Å²) in [5.74, 6) is 0.132. The van der Waals surface area contributed by atoms with Crippen molar-refractivity contribution in [2.24, 2.45) is 5.92 Å². The van der Waals surface area contributed by atoms with Crippen molar-refractivity contribution in [2.45, 2.75) is 46.6 Å². The quantitative estimate of drug-likeness (QED) is 0.664. The van der Waals surface area contributed by atoms with Crippen molar-refractivity contribution in [3.8, 4) is 0 Å². The lowest BCUT2D eigenvalue weighted by atomic mass is 9.89. The van der Waals surface area contributed by atoms with Gasteiger partial charge in [0.05, 0.1) is 12.2 Å². The van der Waals surface area contributed by atoms with Crippen molar-refractivity contribution < 1.29 is 10.2 Å². The lowest BCUT2D eigenvalue weighted by Gasteiger charge is -2.28. The molecule has 0 rings (SSSR count). The maximum atomic E-state index is 9.46. The van der Waals surface area contributed by atoms with Gasteiger partial charge < -0.3 is 10.2 Å². The fourth-order valence-corrected chi connectivity index (χ4v) is 0.703. The van der Waals surface area contributed by atoms with E-state index in [9.17, 15) is 5.11 Å². The van der Waals surface area contributed by atoms with Gasteiger partial charge in [-0.3, -0.25) is 0 Å². The fraction of sp³-hybridized carbons (Fsp3) is 1.00. The van der Waals surface area contributed by atoms with Crippen LogP contribution in [0.3, 0.4) is 0 Å². The van der Waals surface area contributed by atoms with Crippen molar-refractivity contribution in [3.63, 3.8) is 0 Å². The average Bonchev–Trinajstić information content (AvgIpc) is 2.06. The van der Waals surface area contributed by atoms with Gasteiger partial charge in [-0.15, -0.1) is 0 Å². The standard InChI is InChI=1S/C7H16O2.C2H6/c1-4-7(9,5-8)6(2)3;1-2/h6,8-9H,4-5H2,1-3H3;1-2H3. The first-order valence-corrected chi connectivity index (χ1v) is 4.40. The van der Waals surface area contributed by atoms with Crippen LogP contribution in [0, 0.1) is 5.92 Å². The normalized spacial score (nSPS) is 15.3. The van der Waals surface area contributed by atoms with E-state index in [1.807, 2.05) is 34.6 Å². The van der Waals surface area contributed by atoms with Crippen LogP contribution >= 0.6 is 0 Å². The zero-order valence-electron chi connectivity index (χ0n) is 8.39. The smallest absolute Gasteiger partial charge is 0.0897 e. The topological polar surface area (TPSA) is 40.5 Å². The Morgan fingerprint density at radius 1 is 1.27 bits per heavy atom. The van der Waals surface area contributed by atoms with Crippen molar-refractivity contribution in [1.82, 2.24) is 0 Å². The van der Waals surface area contributed by atoms with Crippen LogP contribution in [0.5, 0.6) is 0 Å². The largest absolute Gasteiger partial charge is 0.393 e. The van der Waals surface area contributed by atoms with E-state index in [-0.39, 0.29) is 12.5 Å². The number of aliphatic hydroxyl groups excluding tert-OH is 1. The van der Waals surface area contributed by atoms with Gasteiger partial charge >= 0.3 is 0 Å². The Labute approximate surface area is 70.3 Å². The van der Waals surface area contributed by atoms with Crippen LogP contribution < -0.4 is 0 Å². The Morgan fingerprint density at radius 3 is 1.64 bits per heavy atom. The van der Waals surface area contributed by atoms with Crippen LogP contribution in [0.2, 0.25) is 0 Å². The molecule has 0 aliphatic rings. The molecule has 0 radical (unpaired) electrons. The molecule has 0 fully saturated rings. The molecular weight excluding hydrogens is 140 g/mol. The number of rotatable bonds is 3. The minimum atomic E-state index is -0.861. The maximum Gasteiger partial charge on any atom is 0.0897 e.